The Kier molecular flexibility index (Phi) is 3.65. The van der Waals surface area contributed by atoms with E-state index in [1.54, 1.807) is 0 Å². The highest BCUT2D eigenvalue weighted by Crippen LogP contribution is 2.35. The van der Waals surface area contributed by atoms with Crippen LogP contribution in [0, 0.1) is 0 Å². The molecule has 0 amide bonds. The third-order valence-corrected chi connectivity index (χ3v) is 5.45. The summed E-state index contributed by atoms with van der Waals surface area (Å²) in [5.74, 6) is 0. The fraction of sp³-hybridized carbons (Fsp3) is 1.00. The molecule has 3 nitrogen and oxygen atoms in total. The minimum absolute atomic E-state index is 0.104. The van der Waals surface area contributed by atoms with E-state index in [9.17, 15) is 0 Å². The molecule has 19 heavy (non-hydrogen) atoms. The zero-order valence-corrected chi connectivity index (χ0v) is 12.9. The molecule has 1 spiro atoms. The number of piperazine rings is 1. The Labute approximate surface area is 118 Å². The summed E-state index contributed by atoms with van der Waals surface area (Å²) in [5, 5.41) is 3.83. The Balaban J connectivity index is 1.59. The molecule has 2 saturated heterocycles. The highest BCUT2D eigenvalue weighted by atomic mass is 16.5. The normalized spacial score (nSPS) is 38.1. The van der Waals surface area contributed by atoms with Gasteiger partial charge < -0.3 is 10.1 Å². The first-order valence-corrected chi connectivity index (χ1v) is 8.15. The third-order valence-electron chi connectivity index (χ3n) is 5.45. The largest absolute Gasteiger partial charge is 0.371 e. The van der Waals surface area contributed by atoms with Crippen molar-refractivity contribution in [2.45, 2.75) is 82.6 Å². The number of hydrogen-bond donors (Lipinski definition) is 1. The summed E-state index contributed by atoms with van der Waals surface area (Å²) in [6.07, 6.45) is 8.44. The maximum atomic E-state index is 6.19. The molecule has 2 heterocycles. The first kappa shape index (κ1) is 13.8. The Morgan fingerprint density at radius 3 is 2.58 bits per heavy atom. The predicted molar refractivity (Wildman–Crippen MR) is 78.4 cm³/mol. The smallest absolute Gasteiger partial charge is 0.0710 e. The van der Waals surface area contributed by atoms with Crippen LogP contribution in [0.3, 0.4) is 0 Å². The van der Waals surface area contributed by atoms with Crippen molar-refractivity contribution in [2.24, 2.45) is 0 Å². The molecule has 3 fully saturated rings. The van der Waals surface area contributed by atoms with Gasteiger partial charge in [0.2, 0.25) is 0 Å². The number of nitrogens with zero attached hydrogens (tertiary/aromatic N) is 1. The van der Waals surface area contributed by atoms with E-state index in [1.807, 2.05) is 0 Å². The summed E-state index contributed by atoms with van der Waals surface area (Å²) in [7, 11) is 0. The van der Waals surface area contributed by atoms with Crippen LogP contribution in [0.2, 0.25) is 0 Å². The summed E-state index contributed by atoms with van der Waals surface area (Å²) in [5.41, 5.74) is 0.535. The topological polar surface area (TPSA) is 24.5 Å². The lowest BCUT2D eigenvalue weighted by Crippen LogP contribution is -2.63. The lowest BCUT2D eigenvalue weighted by Gasteiger charge is -2.46. The molecule has 3 heteroatoms. The van der Waals surface area contributed by atoms with Crippen molar-refractivity contribution < 1.29 is 4.74 Å². The van der Waals surface area contributed by atoms with Gasteiger partial charge >= 0.3 is 0 Å². The van der Waals surface area contributed by atoms with Crippen LogP contribution in [0.1, 0.15) is 59.3 Å². The fourth-order valence-electron chi connectivity index (χ4n) is 4.19. The fourth-order valence-corrected chi connectivity index (χ4v) is 4.19. The van der Waals surface area contributed by atoms with Gasteiger partial charge in [0.1, 0.15) is 0 Å². The van der Waals surface area contributed by atoms with Crippen LogP contribution in [-0.2, 0) is 4.74 Å². The van der Waals surface area contributed by atoms with Crippen LogP contribution < -0.4 is 5.32 Å². The standard InChI is InChI=1S/C16H30N2O/c1-13-10-17-16(7-4-5-8-16)12-18(13)11-14-6-9-15(2,3)19-14/h13-14,17H,4-12H2,1-3H3. The van der Waals surface area contributed by atoms with Crippen molar-refractivity contribution in [3.8, 4) is 0 Å². The van der Waals surface area contributed by atoms with Gasteiger partial charge in [0.15, 0.2) is 0 Å². The van der Waals surface area contributed by atoms with Gasteiger partial charge in [-0.1, -0.05) is 12.8 Å². The average molecular weight is 266 g/mol. The molecule has 2 atom stereocenters. The second-order valence-electron chi connectivity index (χ2n) is 7.69. The highest BCUT2D eigenvalue weighted by Gasteiger charge is 2.41. The van der Waals surface area contributed by atoms with Crippen LogP contribution in [0.5, 0.6) is 0 Å². The SMILES string of the molecule is CC1CNC2(CCCC2)CN1CC1CCC(C)(C)O1. The summed E-state index contributed by atoms with van der Waals surface area (Å²) in [6, 6.07) is 0.651. The summed E-state index contributed by atoms with van der Waals surface area (Å²) >= 11 is 0. The van der Waals surface area contributed by atoms with Crippen molar-refractivity contribution in [3.63, 3.8) is 0 Å². The molecule has 0 radical (unpaired) electrons. The minimum atomic E-state index is 0.104. The quantitative estimate of drug-likeness (QED) is 0.831. The van der Waals surface area contributed by atoms with Crippen LogP contribution in [0.25, 0.3) is 0 Å². The van der Waals surface area contributed by atoms with Gasteiger partial charge in [-0.15, -0.1) is 0 Å². The molecule has 0 aromatic heterocycles. The second kappa shape index (κ2) is 5.01. The van der Waals surface area contributed by atoms with Gasteiger partial charge in [-0.05, 0) is 46.5 Å². The summed E-state index contributed by atoms with van der Waals surface area (Å²) in [4.78, 5) is 2.69. The molecular weight excluding hydrogens is 236 g/mol. The van der Waals surface area contributed by atoms with Crippen molar-refractivity contribution in [3.05, 3.63) is 0 Å². The molecule has 0 aromatic carbocycles. The first-order valence-electron chi connectivity index (χ1n) is 8.15. The molecule has 0 aromatic rings. The molecule has 1 aliphatic carbocycles. The second-order valence-corrected chi connectivity index (χ2v) is 7.69. The van der Waals surface area contributed by atoms with Gasteiger partial charge in [-0.2, -0.15) is 0 Å². The third kappa shape index (κ3) is 2.98. The first-order chi connectivity index (χ1) is 8.98. The van der Waals surface area contributed by atoms with Crippen molar-refractivity contribution >= 4 is 0 Å². The number of ether oxygens (including phenoxy) is 1. The lowest BCUT2D eigenvalue weighted by molar-refractivity contribution is -0.0419. The number of nitrogens with one attached hydrogen (secondary N) is 1. The number of rotatable bonds is 2. The Morgan fingerprint density at radius 1 is 1.21 bits per heavy atom. The van der Waals surface area contributed by atoms with Gasteiger partial charge in [-0.3, -0.25) is 4.90 Å². The summed E-state index contributed by atoms with van der Waals surface area (Å²) < 4.78 is 6.19. The Hall–Kier alpha value is -0.120. The molecule has 1 N–H and O–H groups in total. The molecule has 3 rings (SSSR count). The zero-order valence-electron chi connectivity index (χ0n) is 12.9. The van der Waals surface area contributed by atoms with Crippen LogP contribution in [0.15, 0.2) is 0 Å². The lowest BCUT2D eigenvalue weighted by atomic mass is 9.92. The van der Waals surface area contributed by atoms with Gasteiger partial charge in [0.25, 0.3) is 0 Å². The molecule has 110 valence electrons. The van der Waals surface area contributed by atoms with Crippen molar-refractivity contribution in [1.29, 1.82) is 0 Å². The minimum Gasteiger partial charge on any atom is -0.371 e. The van der Waals surface area contributed by atoms with Crippen LogP contribution in [0.4, 0.5) is 0 Å². The van der Waals surface area contributed by atoms with E-state index in [1.165, 1.54) is 45.1 Å². The number of hydrogen-bond acceptors (Lipinski definition) is 3. The Morgan fingerprint density at radius 2 is 1.95 bits per heavy atom. The molecule has 3 aliphatic rings. The highest BCUT2D eigenvalue weighted by molar-refractivity contribution is 5.00. The van der Waals surface area contributed by atoms with Gasteiger partial charge in [0.05, 0.1) is 11.7 Å². The molecule has 0 bridgehead atoms. The van der Waals surface area contributed by atoms with E-state index < -0.39 is 0 Å². The molecule has 1 saturated carbocycles. The zero-order chi connectivity index (χ0) is 13.5. The van der Waals surface area contributed by atoms with E-state index in [-0.39, 0.29) is 5.60 Å². The Bertz CT molecular complexity index is 323. The van der Waals surface area contributed by atoms with Crippen molar-refractivity contribution in [1.82, 2.24) is 10.2 Å². The maximum absolute atomic E-state index is 6.19. The van der Waals surface area contributed by atoms with Crippen LogP contribution >= 0.6 is 0 Å². The summed E-state index contributed by atoms with van der Waals surface area (Å²) in [6.45, 7) is 10.3. The van der Waals surface area contributed by atoms with Crippen LogP contribution in [-0.4, -0.2) is 47.8 Å². The van der Waals surface area contributed by atoms with E-state index in [4.69, 9.17) is 4.74 Å². The predicted octanol–water partition coefficient (Wildman–Crippen LogP) is 2.55. The maximum Gasteiger partial charge on any atom is 0.0710 e. The van der Waals surface area contributed by atoms with Gasteiger partial charge in [-0.25, -0.2) is 0 Å². The average Bonchev–Trinajstić information content (AvgIpc) is 2.92. The monoisotopic (exact) mass is 266 g/mol. The van der Waals surface area contributed by atoms with E-state index in [2.05, 4.69) is 31.0 Å². The van der Waals surface area contributed by atoms with E-state index in [0.717, 1.165) is 13.1 Å². The van der Waals surface area contributed by atoms with E-state index >= 15 is 0 Å². The molecular formula is C16H30N2O. The van der Waals surface area contributed by atoms with Crippen molar-refractivity contribution in [2.75, 3.05) is 19.6 Å². The van der Waals surface area contributed by atoms with Gasteiger partial charge in [0, 0.05) is 31.2 Å². The molecule has 2 aliphatic heterocycles. The van der Waals surface area contributed by atoms with E-state index in [0.29, 0.717) is 17.7 Å². The molecule has 2 unspecified atom stereocenters.